The Kier molecular flexibility index (Phi) is 9.07. The number of allylic oxidation sites excluding steroid dienone is 2. The van der Waals surface area contributed by atoms with Gasteiger partial charge in [0, 0.05) is 12.8 Å². The molecule has 0 aliphatic rings. The number of carbonyl (C=O) groups is 1. The van der Waals surface area contributed by atoms with Crippen LogP contribution in [-0.4, -0.2) is 5.78 Å². The van der Waals surface area contributed by atoms with Crippen molar-refractivity contribution in [2.75, 3.05) is 0 Å². The molecule has 0 unspecified atom stereocenters. The number of unbranched alkanes of at least 4 members (excludes halogenated alkanes) is 3. The molecular weight excluding hydrogens is 160 g/mol. The maximum Gasteiger partial charge on any atom is 0.132 e. The van der Waals surface area contributed by atoms with E-state index in [1.807, 2.05) is 6.92 Å². The molecule has 13 heavy (non-hydrogen) atoms. The van der Waals surface area contributed by atoms with E-state index in [0.717, 1.165) is 19.3 Å². The smallest absolute Gasteiger partial charge is 0.132 e. The predicted octanol–water partition coefficient (Wildman–Crippen LogP) is 3.88. The lowest BCUT2D eigenvalue weighted by atomic mass is 10.1. The minimum absolute atomic E-state index is 0.407. The maximum atomic E-state index is 10.9. The molecule has 0 atom stereocenters. The number of hydrogen-bond acceptors (Lipinski definition) is 1. The number of hydrogen-bond donors (Lipinski definition) is 0. The lowest BCUT2D eigenvalue weighted by Crippen LogP contribution is -1.93. The Morgan fingerprint density at radius 2 is 1.85 bits per heavy atom. The zero-order valence-corrected chi connectivity index (χ0v) is 9.01. The van der Waals surface area contributed by atoms with Crippen LogP contribution in [0.25, 0.3) is 0 Å². The van der Waals surface area contributed by atoms with Crippen molar-refractivity contribution < 1.29 is 4.79 Å². The molecule has 1 heteroatoms. The van der Waals surface area contributed by atoms with Crippen molar-refractivity contribution in [2.24, 2.45) is 0 Å². The summed E-state index contributed by atoms with van der Waals surface area (Å²) in [6.45, 7) is 4.09. The molecule has 0 spiro atoms. The van der Waals surface area contributed by atoms with Crippen molar-refractivity contribution in [2.45, 2.75) is 58.8 Å². The first-order valence-corrected chi connectivity index (χ1v) is 5.48. The summed E-state index contributed by atoms with van der Waals surface area (Å²) in [5.74, 6) is 0.407. The van der Waals surface area contributed by atoms with E-state index in [-0.39, 0.29) is 0 Å². The van der Waals surface area contributed by atoms with Gasteiger partial charge in [-0.3, -0.25) is 4.79 Å². The van der Waals surface area contributed by atoms with Crippen LogP contribution in [-0.2, 0) is 4.79 Å². The Morgan fingerprint density at radius 1 is 1.08 bits per heavy atom. The largest absolute Gasteiger partial charge is 0.300 e. The van der Waals surface area contributed by atoms with Crippen LogP contribution in [0.15, 0.2) is 12.2 Å². The van der Waals surface area contributed by atoms with Crippen molar-refractivity contribution in [1.82, 2.24) is 0 Å². The van der Waals surface area contributed by atoms with Gasteiger partial charge >= 0.3 is 0 Å². The van der Waals surface area contributed by atoms with Crippen LogP contribution < -0.4 is 0 Å². The fraction of sp³-hybridized carbons (Fsp3) is 0.750. The molecule has 0 bridgehead atoms. The summed E-state index contributed by atoms with van der Waals surface area (Å²) in [5.41, 5.74) is 0. The first-order chi connectivity index (χ1) is 6.31. The standard InChI is InChI=1S/C12H22O/c1-3-5-6-7-8-9-10-11-12(13)4-2/h5-6H,3-4,7-11H2,1-2H3. The molecule has 1 nitrogen and oxygen atoms in total. The Hall–Kier alpha value is -0.590. The summed E-state index contributed by atoms with van der Waals surface area (Å²) in [6.07, 6.45) is 11.7. The molecule has 0 heterocycles. The highest BCUT2D eigenvalue weighted by atomic mass is 16.1. The molecule has 0 rings (SSSR count). The molecule has 0 aromatic carbocycles. The highest BCUT2D eigenvalue weighted by Gasteiger charge is 1.96. The topological polar surface area (TPSA) is 17.1 Å². The van der Waals surface area contributed by atoms with Gasteiger partial charge in [-0.25, -0.2) is 0 Å². The molecule has 0 amide bonds. The van der Waals surface area contributed by atoms with Crippen molar-refractivity contribution in [3.05, 3.63) is 12.2 Å². The van der Waals surface area contributed by atoms with Gasteiger partial charge < -0.3 is 0 Å². The zero-order valence-electron chi connectivity index (χ0n) is 9.01. The molecule has 0 aliphatic heterocycles. The predicted molar refractivity (Wildman–Crippen MR) is 57.8 cm³/mol. The summed E-state index contributed by atoms with van der Waals surface area (Å²) in [7, 11) is 0. The van der Waals surface area contributed by atoms with E-state index in [4.69, 9.17) is 0 Å². The second-order valence-electron chi connectivity index (χ2n) is 3.37. The summed E-state index contributed by atoms with van der Waals surface area (Å²) in [6, 6.07) is 0. The maximum absolute atomic E-state index is 10.9. The minimum atomic E-state index is 0.407. The summed E-state index contributed by atoms with van der Waals surface area (Å²) >= 11 is 0. The van der Waals surface area contributed by atoms with Crippen LogP contribution in [0.3, 0.4) is 0 Å². The van der Waals surface area contributed by atoms with Gasteiger partial charge in [0.05, 0.1) is 0 Å². The van der Waals surface area contributed by atoms with Gasteiger partial charge in [-0.1, -0.05) is 32.4 Å². The second kappa shape index (κ2) is 9.50. The van der Waals surface area contributed by atoms with Gasteiger partial charge in [0.25, 0.3) is 0 Å². The average molecular weight is 182 g/mol. The fourth-order valence-corrected chi connectivity index (χ4v) is 1.22. The van der Waals surface area contributed by atoms with E-state index in [1.54, 1.807) is 0 Å². The monoisotopic (exact) mass is 182 g/mol. The van der Waals surface area contributed by atoms with Gasteiger partial charge in [-0.2, -0.15) is 0 Å². The fourth-order valence-electron chi connectivity index (χ4n) is 1.22. The third-order valence-electron chi connectivity index (χ3n) is 2.12. The van der Waals surface area contributed by atoms with Crippen LogP contribution >= 0.6 is 0 Å². The highest BCUT2D eigenvalue weighted by Crippen LogP contribution is 2.05. The first-order valence-electron chi connectivity index (χ1n) is 5.48. The summed E-state index contributed by atoms with van der Waals surface area (Å²) in [5, 5.41) is 0. The first kappa shape index (κ1) is 12.4. The van der Waals surface area contributed by atoms with Gasteiger partial charge in [-0.05, 0) is 25.7 Å². The molecule has 0 aliphatic carbocycles. The molecule has 0 aromatic rings. The number of rotatable bonds is 8. The number of Topliss-reactive ketones (excluding diaryl/α,β-unsaturated/α-hetero) is 1. The summed E-state index contributed by atoms with van der Waals surface area (Å²) < 4.78 is 0. The third kappa shape index (κ3) is 9.32. The number of ketones is 1. The van der Waals surface area contributed by atoms with E-state index in [9.17, 15) is 4.79 Å². The van der Waals surface area contributed by atoms with Gasteiger partial charge in [-0.15, -0.1) is 0 Å². The van der Waals surface area contributed by atoms with Crippen LogP contribution in [0.4, 0.5) is 0 Å². The Balaban J connectivity index is 3.08. The van der Waals surface area contributed by atoms with Gasteiger partial charge in [0.2, 0.25) is 0 Å². The van der Waals surface area contributed by atoms with E-state index in [1.165, 1.54) is 19.3 Å². The van der Waals surface area contributed by atoms with Crippen molar-refractivity contribution in [1.29, 1.82) is 0 Å². The van der Waals surface area contributed by atoms with E-state index in [2.05, 4.69) is 19.1 Å². The molecule has 0 radical (unpaired) electrons. The Labute approximate surface area is 82.2 Å². The minimum Gasteiger partial charge on any atom is -0.300 e. The van der Waals surface area contributed by atoms with E-state index in [0.29, 0.717) is 12.2 Å². The van der Waals surface area contributed by atoms with Crippen molar-refractivity contribution in [3.63, 3.8) is 0 Å². The highest BCUT2D eigenvalue weighted by molar-refractivity contribution is 5.77. The van der Waals surface area contributed by atoms with Gasteiger partial charge in [0.1, 0.15) is 5.78 Å². The molecular formula is C12H22O. The molecule has 0 aromatic heterocycles. The molecule has 0 saturated heterocycles. The molecule has 0 saturated carbocycles. The van der Waals surface area contributed by atoms with Crippen molar-refractivity contribution in [3.8, 4) is 0 Å². The Morgan fingerprint density at radius 3 is 2.46 bits per heavy atom. The lowest BCUT2D eigenvalue weighted by molar-refractivity contribution is -0.118. The number of carbonyl (C=O) groups excluding carboxylic acids is 1. The van der Waals surface area contributed by atoms with Crippen LogP contribution in [0.5, 0.6) is 0 Å². The normalized spacial score (nSPS) is 10.9. The van der Waals surface area contributed by atoms with Crippen LogP contribution in [0.1, 0.15) is 58.8 Å². The lowest BCUT2D eigenvalue weighted by Gasteiger charge is -1.97. The van der Waals surface area contributed by atoms with E-state index < -0.39 is 0 Å². The van der Waals surface area contributed by atoms with Crippen molar-refractivity contribution >= 4 is 5.78 Å². The Bertz CT molecular complexity index is 147. The molecule has 76 valence electrons. The van der Waals surface area contributed by atoms with E-state index >= 15 is 0 Å². The molecule has 0 N–H and O–H groups in total. The third-order valence-corrected chi connectivity index (χ3v) is 2.12. The van der Waals surface area contributed by atoms with Crippen LogP contribution in [0.2, 0.25) is 0 Å². The zero-order chi connectivity index (χ0) is 9.94. The SMILES string of the molecule is CCC=CCCCCCC(=O)CC. The van der Waals surface area contributed by atoms with Crippen LogP contribution in [0, 0.1) is 0 Å². The summed E-state index contributed by atoms with van der Waals surface area (Å²) in [4.78, 5) is 10.9. The quantitative estimate of drug-likeness (QED) is 0.411. The average Bonchev–Trinajstić information content (AvgIpc) is 2.16. The second-order valence-corrected chi connectivity index (χ2v) is 3.37. The van der Waals surface area contributed by atoms with Gasteiger partial charge in [0.15, 0.2) is 0 Å². The molecule has 0 fully saturated rings.